The van der Waals surface area contributed by atoms with Crippen molar-refractivity contribution in [2.75, 3.05) is 5.32 Å². The Morgan fingerprint density at radius 2 is 2.19 bits per heavy atom. The smallest absolute Gasteiger partial charge is 0.271 e. The van der Waals surface area contributed by atoms with E-state index in [1.807, 2.05) is 18.2 Å². The second kappa shape index (κ2) is 5.70. The van der Waals surface area contributed by atoms with E-state index in [4.69, 9.17) is 0 Å². The summed E-state index contributed by atoms with van der Waals surface area (Å²) in [5.41, 5.74) is 3.24. The third kappa shape index (κ3) is 3.05. The average Bonchev–Trinajstić information content (AvgIpc) is 2.53. The lowest BCUT2D eigenvalue weighted by Gasteiger charge is -2.17. The minimum Gasteiger partial charge on any atom is -0.347 e. The van der Waals surface area contributed by atoms with Gasteiger partial charge in [0.05, 0.1) is 6.20 Å². The molecule has 0 saturated carbocycles. The molecule has 0 radical (unpaired) electrons. The molecule has 21 heavy (non-hydrogen) atoms. The Morgan fingerprint density at radius 3 is 3.00 bits per heavy atom. The van der Waals surface area contributed by atoms with E-state index in [-0.39, 0.29) is 11.8 Å². The fraction of sp³-hybridized carbons (Fsp3) is 0.200. The highest BCUT2D eigenvalue weighted by molar-refractivity contribution is 5.94. The van der Waals surface area contributed by atoms with Crippen LogP contribution in [0.2, 0.25) is 0 Å². The van der Waals surface area contributed by atoms with E-state index in [2.05, 4.69) is 20.6 Å². The molecule has 106 valence electrons. The van der Waals surface area contributed by atoms with Gasteiger partial charge in [-0.1, -0.05) is 12.1 Å². The number of rotatable bonds is 3. The molecule has 2 aromatic rings. The van der Waals surface area contributed by atoms with Gasteiger partial charge >= 0.3 is 0 Å². The van der Waals surface area contributed by atoms with Crippen LogP contribution >= 0.6 is 0 Å². The summed E-state index contributed by atoms with van der Waals surface area (Å²) in [6.45, 7) is 0.413. The molecule has 0 saturated heterocycles. The van der Waals surface area contributed by atoms with Gasteiger partial charge in [-0.25, -0.2) is 4.98 Å². The van der Waals surface area contributed by atoms with Crippen molar-refractivity contribution in [1.82, 2.24) is 15.3 Å². The van der Waals surface area contributed by atoms with E-state index >= 15 is 0 Å². The van der Waals surface area contributed by atoms with Crippen LogP contribution in [0.15, 0.2) is 36.8 Å². The number of nitrogens with zero attached hydrogens (tertiary/aromatic N) is 2. The molecule has 0 unspecified atom stereocenters. The first-order valence-electron chi connectivity index (χ1n) is 6.68. The lowest BCUT2D eigenvalue weighted by molar-refractivity contribution is -0.116. The first-order chi connectivity index (χ1) is 10.2. The van der Waals surface area contributed by atoms with E-state index in [0.29, 0.717) is 18.7 Å². The molecule has 2 N–H and O–H groups in total. The monoisotopic (exact) mass is 282 g/mol. The largest absolute Gasteiger partial charge is 0.347 e. The van der Waals surface area contributed by atoms with E-state index in [1.165, 1.54) is 18.6 Å². The third-order valence-electron chi connectivity index (χ3n) is 3.31. The number of aryl methyl sites for hydroxylation is 1. The van der Waals surface area contributed by atoms with Crippen molar-refractivity contribution < 1.29 is 9.59 Å². The molecule has 2 amide bonds. The first kappa shape index (κ1) is 13.2. The minimum atomic E-state index is -0.255. The maximum absolute atomic E-state index is 11.9. The molecule has 2 heterocycles. The Hall–Kier alpha value is -2.76. The van der Waals surface area contributed by atoms with E-state index in [9.17, 15) is 9.59 Å². The highest BCUT2D eigenvalue weighted by Gasteiger charge is 2.15. The third-order valence-corrected chi connectivity index (χ3v) is 3.31. The van der Waals surface area contributed by atoms with E-state index < -0.39 is 0 Å². The molecule has 0 fully saturated rings. The van der Waals surface area contributed by atoms with Gasteiger partial charge in [-0.05, 0) is 23.6 Å². The lowest BCUT2D eigenvalue weighted by Crippen LogP contribution is -2.24. The standard InChI is InChI=1S/C15H14N4O2/c20-14-4-2-11-7-10(1-3-12(11)19-14)8-18-15(21)13-9-16-5-6-17-13/h1,3,5-7,9H,2,4,8H2,(H,18,21)(H,19,20). The Balaban J connectivity index is 1.66. The van der Waals surface area contributed by atoms with Crippen molar-refractivity contribution in [3.05, 3.63) is 53.6 Å². The van der Waals surface area contributed by atoms with Crippen LogP contribution < -0.4 is 10.6 Å². The molecule has 0 atom stereocenters. The summed E-state index contributed by atoms with van der Waals surface area (Å²) in [5.74, 6) is -0.208. The number of hydrogen-bond donors (Lipinski definition) is 2. The number of fused-ring (bicyclic) bond motifs is 1. The Labute approximate surface area is 121 Å². The summed E-state index contributed by atoms with van der Waals surface area (Å²) in [7, 11) is 0. The van der Waals surface area contributed by atoms with Crippen molar-refractivity contribution in [1.29, 1.82) is 0 Å². The van der Waals surface area contributed by atoms with Crippen molar-refractivity contribution in [3.8, 4) is 0 Å². The summed E-state index contributed by atoms with van der Waals surface area (Å²) >= 11 is 0. The van der Waals surface area contributed by atoms with Crippen LogP contribution in [-0.2, 0) is 17.8 Å². The second-order valence-corrected chi connectivity index (χ2v) is 4.81. The maximum atomic E-state index is 11.9. The van der Waals surface area contributed by atoms with Crippen LogP contribution in [0.1, 0.15) is 28.0 Å². The molecule has 1 aliphatic heterocycles. The fourth-order valence-electron chi connectivity index (χ4n) is 2.24. The predicted octanol–water partition coefficient (Wildman–Crippen LogP) is 1.29. The van der Waals surface area contributed by atoms with Gasteiger partial charge in [-0.15, -0.1) is 0 Å². The van der Waals surface area contributed by atoms with Gasteiger partial charge in [0.25, 0.3) is 5.91 Å². The average molecular weight is 282 g/mol. The number of hydrogen-bond acceptors (Lipinski definition) is 4. The molecule has 6 heteroatoms. The summed E-state index contributed by atoms with van der Waals surface area (Å²) in [4.78, 5) is 31.0. The highest BCUT2D eigenvalue weighted by Crippen LogP contribution is 2.23. The molecular weight excluding hydrogens is 268 g/mol. The van der Waals surface area contributed by atoms with Gasteiger partial charge < -0.3 is 10.6 Å². The van der Waals surface area contributed by atoms with E-state index in [1.54, 1.807) is 0 Å². The quantitative estimate of drug-likeness (QED) is 0.888. The lowest BCUT2D eigenvalue weighted by atomic mass is 10.0. The van der Waals surface area contributed by atoms with Crippen LogP contribution in [0.25, 0.3) is 0 Å². The summed E-state index contributed by atoms with van der Waals surface area (Å²) < 4.78 is 0. The molecule has 6 nitrogen and oxygen atoms in total. The van der Waals surface area contributed by atoms with Crippen molar-refractivity contribution >= 4 is 17.5 Å². The molecule has 0 aliphatic carbocycles. The maximum Gasteiger partial charge on any atom is 0.271 e. The van der Waals surface area contributed by atoms with Crippen molar-refractivity contribution in [3.63, 3.8) is 0 Å². The second-order valence-electron chi connectivity index (χ2n) is 4.81. The van der Waals surface area contributed by atoms with Gasteiger partial charge in [0.15, 0.2) is 0 Å². The van der Waals surface area contributed by atoms with Crippen LogP contribution in [-0.4, -0.2) is 21.8 Å². The zero-order valence-corrected chi connectivity index (χ0v) is 11.3. The molecule has 0 bridgehead atoms. The zero-order valence-electron chi connectivity index (χ0n) is 11.3. The molecule has 3 rings (SSSR count). The summed E-state index contributed by atoms with van der Waals surface area (Å²) in [5, 5.41) is 5.64. The van der Waals surface area contributed by atoms with Crippen LogP contribution in [0, 0.1) is 0 Å². The Kier molecular flexibility index (Phi) is 3.59. The number of anilines is 1. The van der Waals surface area contributed by atoms with Crippen molar-refractivity contribution in [2.24, 2.45) is 0 Å². The fourth-order valence-corrected chi connectivity index (χ4v) is 2.24. The predicted molar refractivity (Wildman–Crippen MR) is 76.6 cm³/mol. The Morgan fingerprint density at radius 1 is 1.29 bits per heavy atom. The first-order valence-corrected chi connectivity index (χ1v) is 6.68. The van der Waals surface area contributed by atoms with Gasteiger partial charge in [0, 0.05) is 31.0 Å². The summed E-state index contributed by atoms with van der Waals surface area (Å²) in [6, 6.07) is 5.77. The number of aromatic nitrogens is 2. The molecular formula is C15H14N4O2. The number of amides is 2. The minimum absolute atomic E-state index is 0.0474. The van der Waals surface area contributed by atoms with Gasteiger partial charge in [0.1, 0.15) is 5.69 Å². The van der Waals surface area contributed by atoms with Gasteiger partial charge in [0.2, 0.25) is 5.91 Å². The van der Waals surface area contributed by atoms with E-state index in [0.717, 1.165) is 23.2 Å². The highest BCUT2D eigenvalue weighted by atomic mass is 16.2. The topological polar surface area (TPSA) is 84.0 Å². The zero-order chi connectivity index (χ0) is 14.7. The molecule has 1 aromatic heterocycles. The molecule has 0 spiro atoms. The normalized spacial score (nSPS) is 13.2. The number of carbonyl (C=O) groups is 2. The van der Waals surface area contributed by atoms with Crippen molar-refractivity contribution in [2.45, 2.75) is 19.4 Å². The van der Waals surface area contributed by atoms with Crippen LogP contribution in [0.3, 0.4) is 0 Å². The number of nitrogens with one attached hydrogen (secondary N) is 2. The van der Waals surface area contributed by atoms with Crippen LogP contribution in [0.5, 0.6) is 0 Å². The number of benzene rings is 1. The number of carbonyl (C=O) groups excluding carboxylic acids is 2. The Bertz CT molecular complexity index is 685. The summed E-state index contributed by atoms with van der Waals surface area (Å²) in [6.07, 6.45) is 5.66. The molecule has 1 aliphatic rings. The SMILES string of the molecule is O=C1CCc2cc(CNC(=O)c3cnccn3)ccc2N1. The van der Waals surface area contributed by atoms with Crippen LogP contribution in [0.4, 0.5) is 5.69 Å². The molecule has 1 aromatic carbocycles. The van der Waals surface area contributed by atoms with Gasteiger partial charge in [-0.3, -0.25) is 14.6 Å². The van der Waals surface area contributed by atoms with Gasteiger partial charge in [-0.2, -0.15) is 0 Å².